The van der Waals surface area contributed by atoms with Gasteiger partial charge in [-0.25, -0.2) is 0 Å². The normalized spacial score (nSPS) is 17.8. The second-order valence-electron chi connectivity index (χ2n) is 6.71. The first-order valence-electron chi connectivity index (χ1n) is 8.33. The molecule has 0 radical (unpaired) electrons. The van der Waals surface area contributed by atoms with Crippen LogP contribution in [-0.2, 0) is 13.1 Å². The Hall–Kier alpha value is -0.900. The maximum absolute atomic E-state index is 3.53. The first-order valence-corrected chi connectivity index (χ1v) is 8.33. The van der Waals surface area contributed by atoms with Gasteiger partial charge in [-0.2, -0.15) is 0 Å². The Morgan fingerprint density at radius 3 is 2.14 bits per heavy atom. The quantitative estimate of drug-likeness (QED) is 0.869. The van der Waals surface area contributed by atoms with Crippen LogP contribution in [0.15, 0.2) is 24.3 Å². The van der Waals surface area contributed by atoms with Crippen molar-refractivity contribution in [2.24, 2.45) is 0 Å². The van der Waals surface area contributed by atoms with Crippen LogP contribution in [0.25, 0.3) is 0 Å². The minimum atomic E-state index is 0.535. The fourth-order valence-electron chi connectivity index (χ4n) is 2.88. The van der Waals surface area contributed by atoms with E-state index in [0.717, 1.165) is 13.1 Å². The summed E-state index contributed by atoms with van der Waals surface area (Å²) in [6.07, 6.45) is 0. The molecule has 118 valence electrons. The summed E-state index contributed by atoms with van der Waals surface area (Å²) in [6, 6.07) is 10.1. The summed E-state index contributed by atoms with van der Waals surface area (Å²) in [4.78, 5) is 5.16. The van der Waals surface area contributed by atoms with E-state index in [9.17, 15) is 0 Å². The molecule has 0 spiro atoms. The molecule has 1 aliphatic rings. The lowest BCUT2D eigenvalue weighted by Crippen LogP contribution is -2.48. The molecule has 1 aliphatic heterocycles. The first-order chi connectivity index (χ1) is 10.1. The molecule has 1 heterocycles. The topological polar surface area (TPSA) is 18.5 Å². The molecule has 0 unspecified atom stereocenters. The van der Waals surface area contributed by atoms with Crippen molar-refractivity contribution in [1.29, 1.82) is 0 Å². The van der Waals surface area contributed by atoms with Crippen molar-refractivity contribution in [3.8, 4) is 0 Å². The largest absolute Gasteiger partial charge is 0.310 e. The van der Waals surface area contributed by atoms with Gasteiger partial charge in [-0.15, -0.1) is 0 Å². The van der Waals surface area contributed by atoms with E-state index in [4.69, 9.17) is 0 Å². The molecular weight excluding hydrogens is 258 g/mol. The van der Waals surface area contributed by atoms with Crippen molar-refractivity contribution in [3.63, 3.8) is 0 Å². The highest BCUT2D eigenvalue weighted by atomic mass is 15.3. The maximum Gasteiger partial charge on any atom is 0.0238 e. The Morgan fingerprint density at radius 1 is 0.952 bits per heavy atom. The molecule has 3 nitrogen and oxygen atoms in total. The van der Waals surface area contributed by atoms with E-state index >= 15 is 0 Å². The molecule has 1 fully saturated rings. The van der Waals surface area contributed by atoms with E-state index in [1.54, 1.807) is 0 Å². The van der Waals surface area contributed by atoms with Gasteiger partial charge < -0.3 is 5.32 Å². The molecule has 1 N–H and O–H groups in total. The minimum absolute atomic E-state index is 0.535. The highest BCUT2D eigenvalue weighted by Crippen LogP contribution is 2.14. The van der Waals surface area contributed by atoms with Crippen LogP contribution in [-0.4, -0.2) is 48.1 Å². The Labute approximate surface area is 130 Å². The van der Waals surface area contributed by atoms with E-state index < -0.39 is 0 Å². The predicted octanol–water partition coefficient (Wildman–Crippen LogP) is 2.71. The van der Waals surface area contributed by atoms with E-state index in [1.807, 2.05) is 0 Å². The van der Waals surface area contributed by atoms with E-state index in [2.05, 4.69) is 67.1 Å². The summed E-state index contributed by atoms with van der Waals surface area (Å²) in [6.45, 7) is 15.8. The third-order valence-corrected chi connectivity index (χ3v) is 4.35. The van der Waals surface area contributed by atoms with Gasteiger partial charge >= 0.3 is 0 Å². The van der Waals surface area contributed by atoms with Gasteiger partial charge in [0.2, 0.25) is 0 Å². The number of benzene rings is 1. The van der Waals surface area contributed by atoms with Crippen molar-refractivity contribution >= 4 is 0 Å². The van der Waals surface area contributed by atoms with Gasteiger partial charge in [0, 0.05) is 51.4 Å². The molecule has 0 saturated carbocycles. The predicted molar refractivity (Wildman–Crippen MR) is 90.4 cm³/mol. The van der Waals surface area contributed by atoms with E-state index in [1.165, 1.54) is 37.3 Å². The number of nitrogens with one attached hydrogen (secondary N) is 1. The summed E-state index contributed by atoms with van der Waals surface area (Å²) in [5.41, 5.74) is 2.92. The lowest BCUT2D eigenvalue weighted by Gasteiger charge is -2.37. The highest BCUT2D eigenvalue weighted by Gasteiger charge is 2.19. The molecule has 0 aliphatic carbocycles. The molecule has 0 aromatic heterocycles. The zero-order valence-electron chi connectivity index (χ0n) is 14.1. The fourth-order valence-corrected chi connectivity index (χ4v) is 2.88. The Kier molecular flexibility index (Phi) is 6.22. The number of rotatable bonds is 6. The summed E-state index contributed by atoms with van der Waals surface area (Å²) < 4.78 is 0. The zero-order valence-corrected chi connectivity index (χ0v) is 14.1. The van der Waals surface area contributed by atoms with Gasteiger partial charge in [0.25, 0.3) is 0 Å². The average Bonchev–Trinajstić information content (AvgIpc) is 2.47. The number of hydrogen-bond acceptors (Lipinski definition) is 3. The molecular formula is C18H31N3. The lowest BCUT2D eigenvalue weighted by atomic mass is 10.1. The second-order valence-corrected chi connectivity index (χ2v) is 6.71. The van der Waals surface area contributed by atoms with Crippen LogP contribution in [0.4, 0.5) is 0 Å². The monoisotopic (exact) mass is 289 g/mol. The van der Waals surface area contributed by atoms with Crippen LogP contribution >= 0.6 is 0 Å². The fraction of sp³-hybridized carbons (Fsp3) is 0.667. The summed E-state index contributed by atoms with van der Waals surface area (Å²) in [7, 11) is 0. The second kappa shape index (κ2) is 7.92. The van der Waals surface area contributed by atoms with Gasteiger partial charge in [0.1, 0.15) is 0 Å². The van der Waals surface area contributed by atoms with E-state index in [-0.39, 0.29) is 0 Å². The third kappa shape index (κ3) is 5.10. The molecule has 1 aromatic rings. The van der Waals surface area contributed by atoms with Gasteiger partial charge in [-0.3, -0.25) is 9.80 Å². The van der Waals surface area contributed by atoms with Crippen molar-refractivity contribution < 1.29 is 0 Å². The SMILES string of the molecule is CC(C)NCc1ccccc1CN1CCN(C(C)C)CC1. The maximum atomic E-state index is 3.53. The smallest absolute Gasteiger partial charge is 0.0238 e. The minimum Gasteiger partial charge on any atom is -0.310 e. The van der Waals surface area contributed by atoms with Crippen LogP contribution < -0.4 is 5.32 Å². The average molecular weight is 289 g/mol. The van der Waals surface area contributed by atoms with Crippen molar-refractivity contribution in [2.45, 2.75) is 52.9 Å². The van der Waals surface area contributed by atoms with Crippen molar-refractivity contribution in [1.82, 2.24) is 15.1 Å². The van der Waals surface area contributed by atoms with Crippen LogP contribution in [0.3, 0.4) is 0 Å². The Morgan fingerprint density at radius 2 is 1.57 bits per heavy atom. The standard InChI is InChI=1S/C18H31N3/c1-15(2)19-13-17-7-5-6-8-18(17)14-20-9-11-21(12-10-20)16(3)4/h5-8,15-16,19H,9-14H2,1-4H3. The van der Waals surface area contributed by atoms with Crippen LogP contribution in [0, 0.1) is 0 Å². The molecule has 21 heavy (non-hydrogen) atoms. The molecule has 0 bridgehead atoms. The molecule has 0 atom stereocenters. The van der Waals surface area contributed by atoms with Crippen molar-refractivity contribution in [3.05, 3.63) is 35.4 Å². The molecule has 1 aromatic carbocycles. The third-order valence-electron chi connectivity index (χ3n) is 4.35. The lowest BCUT2D eigenvalue weighted by molar-refractivity contribution is 0.104. The summed E-state index contributed by atoms with van der Waals surface area (Å²) >= 11 is 0. The number of hydrogen-bond donors (Lipinski definition) is 1. The van der Waals surface area contributed by atoms with E-state index in [0.29, 0.717) is 12.1 Å². The van der Waals surface area contributed by atoms with Gasteiger partial charge in [-0.05, 0) is 25.0 Å². The summed E-state index contributed by atoms with van der Waals surface area (Å²) in [5, 5.41) is 3.53. The molecule has 0 amide bonds. The van der Waals surface area contributed by atoms with Crippen LogP contribution in [0.5, 0.6) is 0 Å². The molecule has 3 heteroatoms. The van der Waals surface area contributed by atoms with Crippen LogP contribution in [0.2, 0.25) is 0 Å². The molecule has 1 saturated heterocycles. The zero-order chi connectivity index (χ0) is 15.2. The van der Waals surface area contributed by atoms with Crippen molar-refractivity contribution in [2.75, 3.05) is 26.2 Å². The Bertz CT molecular complexity index is 420. The molecule has 2 rings (SSSR count). The number of piperazine rings is 1. The summed E-state index contributed by atoms with van der Waals surface area (Å²) in [5.74, 6) is 0. The van der Waals surface area contributed by atoms with Crippen LogP contribution in [0.1, 0.15) is 38.8 Å². The first kappa shape index (κ1) is 16.5. The highest BCUT2D eigenvalue weighted by molar-refractivity contribution is 5.27. The van der Waals surface area contributed by atoms with Gasteiger partial charge in [-0.1, -0.05) is 38.1 Å². The number of nitrogens with zero attached hydrogens (tertiary/aromatic N) is 2. The van der Waals surface area contributed by atoms with Gasteiger partial charge in [0.15, 0.2) is 0 Å². The Balaban J connectivity index is 1.91. The van der Waals surface area contributed by atoms with Gasteiger partial charge in [0.05, 0.1) is 0 Å².